The van der Waals surface area contributed by atoms with Crippen LogP contribution in [0, 0.1) is 0 Å². The van der Waals surface area contributed by atoms with E-state index in [2.05, 4.69) is 6.58 Å². The van der Waals surface area contributed by atoms with Crippen LogP contribution in [-0.2, 0) is 0 Å². The summed E-state index contributed by atoms with van der Waals surface area (Å²) in [6.07, 6.45) is 1.67. The van der Waals surface area contributed by atoms with Crippen molar-refractivity contribution in [1.82, 2.24) is 0 Å². The molecule has 0 aromatic heterocycles. The first-order valence-corrected chi connectivity index (χ1v) is 7.00. The first kappa shape index (κ1) is 16.7. The van der Waals surface area contributed by atoms with Gasteiger partial charge in [-0.3, -0.25) is 0 Å². The molecule has 0 aliphatic rings. The molecule has 5 heteroatoms. The predicted octanol–water partition coefficient (Wildman–Crippen LogP) is 3.35. The van der Waals surface area contributed by atoms with Gasteiger partial charge in [0.25, 0.3) is 0 Å². The summed E-state index contributed by atoms with van der Waals surface area (Å²) in [6, 6.07) is 9.26. The highest BCUT2D eigenvalue weighted by Crippen LogP contribution is 2.47. The van der Waals surface area contributed by atoms with E-state index in [1.165, 1.54) is 0 Å². The number of rotatable bonds is 7. The molecule has 0 radical (unpaired) electrons. The fourth-order valence-corrected chi connectivity index (χ4v) is 2.47. The summed E-state index contributed by atoms with van der Waals surface area (Å²) in [5.74, 6) is 2.11. The Balaban J connectivity index is 2.74. The Labute approximate surface area is 135 Å². The summed E-state index contributed by atoms with van der Waals surface area (Å²) in [7, 11) is 4.68. The van der Waals surface area contributed by atoms with Crippen LogP contribution in [0.2, 0.25) is 0 Å². The van der Waals surface area contributed by atoms with Gasteiger partial charge in [-0.05, 0) is 12.1 Å². The zero-order chi connectivity index (χ0) is 16.8. The van der Waals surface area contributed by atoms with Crippen molar-refractivity contribution in [2.45, 2.75) is 0 Å². The Hall–Kier alpha value is -2.66. The average Bonchev–Trinajstić information content (AvgIpc) is 2.60. The van der Waals surface area contributed by atoms with E-state index in [1.54, 1.807) is 33.5 Å². The number of para-hydroxylation sites is 1. The van der Waals surface area contributed by atoms with Gasteiger partial charge < -0.3 is 24.1 Å². The SMILES string of the molecule is C=Cc1cccc(-c2ccc(OC)c(OC)c2OC)c1OCO. The smallest absolute Gasteiger partial charge is 0.203 e. The lowest BCUT2D eigenvalue weighted by Gasteiger charge is -2.18. The second kappa shape index (κ2) is 7.56. The van der Waals surface area contributed by atoms with Gasteiger partial charge in [-0.15, -0.1) is 0 Å². The lowest BCUT2D eigenvalue weighted by Crippen LogP contribution is -2.01. The molecule has 2 rings (SSSR count). The van der Waals surface area contributed by atoms with Crippen molar-refractivity contribution in [3.05, 3.63) is 42.5 Å². The first-order chi connectivity index (χ1) is 11.2. The van der Waals surface area contributed by atoms with Gasteiger partial charge in [-0.2, -0.15) is 0 Å². The van der Waals surface area contributed by atoms with Crippen molar-refractivity contribution in [3.8, 4) is 34.1 Å². The summed E-state index contributed by atoms with van der Waals surface area (Å²) >= 11 is 0. The standard InChI is InChI=1S/C18H20O5/c1-5-12-7-6-8-13(16(12)23-11-19)14-9-10-15(20-2)18(22-4)17(14)21-3/h5-10,19H,1,11H2,2-4H3. The van der Waals surface area contributed by atoms with Crippen molar-refractivity contribution in [3.63, 3.8) is 0 Å². The van der Waals surface area contributed by atoms with Crippen LogP contribution in [0.1, 0.15) is 5.56 Å². The molecule has 0 bridgehead atoms. The lowest BCUT2D eigenvalue weighted by atomic mass is 9.99. The van der Waals surface area contributed by atoms with Crippen LogP contribution >= 0.6 is 0 Å². The van der Waals surface area contributed by atoms with Crippen LogP contribution in [0.5, 0.6) is 23.0 Å². The molecular weight excluding hydrogens is 296 g/mol. The second-order valence-corrected chi connectivity index (χ2v) is 4.58. The molecule has 0 aliphatic carbocycles. The van der Waals surface area contributed by atoms with E-state index >= 15 is 0 Å². The van der Waals surface area contributed by atoms with E-state index in [0.717, 1.165) is 16.7 Å². The molecule has 0 aliphatic heterocycles. The Kier molecular flexibility index (Phi) is 5.49. The summed E-state index contributed by atoms with van der Waals surface area (Å²) in [5.41, 5.74) is 2.29. The minimum Gasteiger partial charge on any atom is -0.493 e. The number of aliphatic hydroxyl groups is 1. The molecule has 122 valence electrons. The van der Waals surface area contributed by atoms with Gasteiger partial charge >= 0.3 is 0 Å². The number of hydrogen-bond donors (Lipinski definition) is 1. The van der Waals surface area contributed by atoms with Gasteiger partial charge in [0.05, 0.1) is 21.3 Å². The minimum absolute atomic E-state index is 0.437. The predicted molar refractivity (Wildman–Crippen MR) is 89.3 cm³/mol. The summed E-state index contributed by atoms with van der Waals surface area (Å²) in [4.78, 5) is 0. The zero-order valence-electron chi connectivity index (χ0n) is 13.5. The maximum atomic E-state index is 9.19. The average molecular weight is 316 g/mol. The minimum atomic E-state index is -0.437. The van der Waals surface area contributed by atoms with Gasteiger partial charge in [0.1, 0.15) is 5.75 Å². The molecule has 0 heterocycles. The molecule has 5 nitrogen and oxygen atoms in total. The Morgan fingerprint density at radius 2 is 1.61 bits per heavy atom. The van der Waals surface area contributed by atoms with Crippen molar-refractivity contribution in [1.29, 1.82) is 0 Å². The fraction of sp³-hybridized carbons (Fsp3) is 0.222. The van der Waals surface area contributed by atoms with E-state index in [9.17, 15) is 5.11 Å². The maximum Gasteiger partial charge on any atom is 0.203 e. The largest absolute Gasteiger partial charge is 0.493 e. The second-order valence-electron chi connectivity index (χ2n) is 4.58. The molecule has 2 aromatic rings. The summed E-state index contributed by atoms with van der Waals surface area (Å²) < 4.78 is 21.6. The van der Waals surface area contributed by atoms with Crippen LogP contribution in [0.3, 0.4) is 0 Å². The molecule has 0 atom stereocenters. The Morgan fingerprint density at radius 3 is 2.17 bits per heavy atom. The van der Waals surface area contributed by atoms with Crippen LogP contribution in [0.25, 0.3) is 17.2 Å². The third-order valence-electron chi connectivity index (χ3n) is 3.47. The highest BCUT2D eigenvalue weighted by Gasteiger charge is 2.20. The molecular formula is C18H20O5. The highest BCUT2D eigenvalue weighted by molar-refractivity contribution is 5.83. The van der Waals surface area contributed by atoms with Crippen molar-refractivity contribution in [2.75, 3.05) is 28.1 Å². The van der Waals surface area contributed by atoms with Crippen molar-refractivity contribution < 1.29 is 24.1 Å². The Bertz CT molecular complexity index is 694. The third-order valence-corrected chi connectivity index (χ3v) is 3.47. The van der Waals surface area contributed by atoms with E-state index in [0.29, 0.717) is 23.0 Å². The highest BCUT2D eigenvalue weighted by atomic mass is 16.6. The maximum absolute atomic E-state index is 9.19. The van der Waals surface area contributed by atoms with Crippen LogP contribution in [0.4, 0.5) is 0 Å². The number of hydrogen-bond acceptors (Lipinski definition) is 5. The molecule has 0 spiro atoms. The van der Waals surface area contributed by atoms with E-state index in [1.807, 2.05) is 24.3 Å². The van der Waals surface area contributed by atoms with E-state index in [4.69, 9.17) is 18.9 Å². The number of ether oxygens (including phenoxy) is 4. The van der Waals surface area contributed by atoms with Gasteiger partial charge in [-0.25, -0.2) is 0 Å². The Morgan fingerprint density at radius 1 is 0.913 bits per heavy atom. The van der Waals surface area contributed by atoms with Crippen molar-refractivity contribution >= 4 is 6.08 Å². The molecule has 0 amide bonds. The van der Waals surface area contributed by atoms with Gasteiger partial charge in [0.2, 0.25) is 5.75 Å². The normalized spacial score (nSPS) is 10.1. The molecule has 0 fully saturated rings. The van der Waals surface area contributed by atoms with Crippen LogP contribution in [-0.4, -0.2) is 33.2 Å². The van der Waals surface area contributed by atoms with Crippen molar-refractivity contribution in [2.24, 2.45) is 0 Å². The third kappa shape index (κ3) is 3.10. The zero-order valence-corrected chi connectivity index (χ0v) is 13.5. The van der Waals surface area contributed by atoms with E-state index < -0.39 is 6.79 Å². The van der Waals surface area contributed by atoms with Crippen LogP contribution in [0.15, 0.2) is 36.9 Å². The van der Waals surface area contributed by atoms with Gasteiger partial charge in [0, 0.05) is 16.7 Å². The topological polar surface area (TPSA) is 57.2 Å². The quantitative estimate of drug-likeness (QED) is 0.794. The first-order valence-electron chi connectivity index (χ1n) is 7.00. The van der Waals surface area contributed by atoms with E-state index in [-0.39, 0.29) is 0 Å². The number of aliphatic hydroxyl groups excluding tert-OH is 1. The van der Waals surface area contributed by atoms with Gasteiger partial charge in [-0.1, -0.05) is 30.9 Å². The molecule has 2 aromatic carbocycles. The monoisotopic (exact) mass is 316 g/mol. The number of methoxy groups -OCH3 is 3. The number of benzene rings is 2. The van der Waals surface area contributed by atoms with Crippen LogP contribution < -0.4 is 18.9 Å². The summed E-state index contributed by atoms with van der Waals surface area (Å²) in [5, 5.41) is 9.19. The van der Waals surface area contributed by atoms with Gasteiger partial charge in [0.15, 0.2) is 18.3 Å². The molecule has 1 N–H and O–H groups in total. The molecule has 0 saturated carbocycles. The molecule has 0 saturated heterocycles. The fourth-order valence-electron chi connectivity index (χ4n) is 2.47. The summed E-state index contributed by atoms with van der Waals surface area (Å²) in [6.45, 7) is 3.34. The lowest BCUT2D eigenvalue weighted by molar-refractivity contribution is 0.0988. The molecule has 23 heavy (non-hydrogen) atoms. The molecule has 0 unspecified atom stereocenters.